The Morgan fingerprint density at radius 3 is 2.76 bits per heavy atom. The first-order valence-electron chi connectivity index (χ1n) is 5.08. The number of H-pyrrole nitrogens is 1. The van der Waals surface area contributed by atoms with Crippen LogP contribution in [0.25, 0.3) is 10.9 Å². The number of aromatic amines is 1. The fourth-order valence-electron chi connectivity index (χ4n) is 1.75. The lowest BCUT2D eigenvalue weighted by molar-refractivity contribution is -0.142. The second-order valence-electron chi connectivity index (χ2n) is 4.26. The zero-order valence-corrected chi connectivity index (χ0v) is 9.53. The molecule has 17 heavy (non-hydrogen) atoms. The van der Waals surface area contributed by atoms with Crippen LogP contribution in [0.1, 0.15) is 12.5 Å². The third kappa shape index (κ3) is 2.46. The third-order valence-corrected chi connectivity index (χ3v) is 2.72. The topological polar surface area (TPSA) is 111 Å². The van der Waals surface area contributed by atoms with E-state index in [-0.39, 0.29) is 5.48 Å². The molecule has 2 rings (SSSR count). The molecule has 0 bridgehead atoms. The molecule has 0 saturated carbocycles. The van der Waals surface area contributed by atoms with Crippen LogP contribution in [0.3, 0.4) is 0 Å². The third-order valence-electron chi connectivity index (χ3n) is 2.72. The number of carbonyl (C=O) groups is 1. The molecule has 2 aromatic rings. The zero-order valence-electron chi connectivity index (χ0n) is 9.53. The van der Waals surface area contributed by atoms with Gasteiger partial charge in [0.05, 0.1) is 0 Å². The number of fused-ring (bicyclic) bond motifs is 1. The fraction of sp³-hybridized carbons (Fsp3) is 0.250. The lowest BCUT2D eigenvalue weighted by Gasteiger charge is -2.18. The first-order chi connectivity index (χ1) is 7.50. The molecule has 0 radical (unpaired) electrons. The van der Waals surface area contributed by atoms with Gasteiger partial charge in [0.15, 0.2) is 0 Å². The standard InChI is InChI=1S/C12H14N2O2.H2O/c1-12(13,11(15)16)6-8-7-14-10-5-3-2-4-9(8)10;/h2-5,7,14H,6,13H2,1H3,(H,15,16);1H2/t12-;/m0./s1. The van der Waals surface area contributed by atoms with Gasteiger partial charge < -0.3 is 21.3 Å². The van der Waals surface area contributed by atoms with Gasteiger partial charge in [0.25, 0.3) is 0 Å². The molecular formula is C12H16N2O3. The van der Waals surface area contributed by atoms with Gasteiger partial charge >= 0.3 is 5.97 Å². The number of nitrogens with one attached hydrogen (secondary N) is 1. The van der Waals surface area contributed by atoms with Gasteiger partial charge in [0.1, 0.15) is 5.54 Å². The lowest BCUT2D eigenvalue weighted by atomic mass is 9.94. The highest BCUT2D eigenvalue weighted by Gasteiger charge is 2.28. The maximum absolute atomic E-state index is 10.9. The quantitative estimate of drug-likeness (QED) is 0.728. The summed E-state index contributed by atoms with van der Waals surface area (Å²) in [7, 11) is 0. The van der Waals surface area contributed by atoms with E-state index >= 15 is 0 Å². The van der Waals surface area contributed by atoms with Gasteiger partial charge in [-0.05, 0) is 18.6 Å². The van der Waals surface area contributed by atoms with Crippen molar-refractivity contribution in [3.8, 4) is 0 Å². The van der Waals surface area contributed by atoms with Crippen LogP contribution in [-0.2, 0) is 11.2 Å². The van der Waals surface area contributed by atoms with Gasteiger partial charge in [-0.25, -0.2) is 0 Å². The minimum atomic E-state index is -1.23. The summed E-state index contributed by atoms with van der Waals surface area (Å²) < 4.78 is 0. The van der Waals surface area contributed by atoms with Crippen LogP contribution in [0.4, 0.5) is 0 Å². The van der Waals surface area contributed by atoms with Gasteiger partial charge in [-0.2, -0.15) is 0 Å². The van der Waals surface area contributed by atoms with E-state index < -0.39 is 11.5 Å². The summed E-state index contributed by atoms with van der Waals surface area (Å²) in [4.78, 5) is 14.0. The zero-order chi connectivity index (χ0) is 11.8. The Labute approximate surface area is 98.6 Å². The summed E-state index contributed by atoms with van der Waals surface area (Å²) in [6, 6.07) is 7.77. The van der Waals surface area contributed by atoms with Crippen LogP contribution in [0, 0.1) is 0 Å². The summed E-state index contributed by atoms with van der Waals surface area (Å²) in [5, 5.41) is 10.0. The molecule has 0 amide bonds. The number of hydrogen-bond donors (Lipinski definition) is 3. The molecule has 5 nitrogen and oxygen atoms in total. The molecule has 1 atom stereocenters. The van der Waals surface area contributed by atoms with Gasteiger partial charge in [0.2, 0.25) is 0 Å². The molecule has 0 aliphatic rings. The number of nitrogens with two attached hydrogens (primary N) is 1. The lowest BCUT2D eigenvalue weighted by Crippen LogP contribution is -2.46. The summed E-state index contributed by atoms with van der Waals surface area (Å²) in [6.07, 6.45) is 2.13. The molecule has 0 aliphatic carbocycles. The van der Waals surface area contributed by atoms with Crippen molar-refractivity contribution < 1.29 is 15.4 Å². The monoisotopic (exact) mass is 236 g/mol. The summed E-state index contributed by atoms with van der Waals surface area (Å²) in [6.45, 7) is 1.52. The van der Waals surface area contributed by atoms with Crippen LogP contribution in [-0.4, -0.2) is 27.1 Å². The van der Waals surface area contributed by atoms with Crippen LogP contribution in [0.2, 0.25) is 0 Å². The van der Waals surface area contributed by atoms with Gasteiger partial charge in [0, 0.05) is 23.5 Å². The highest BCUT2D eigenvalue weighted by atomic mass is 16.4. The summed E-state index contributed by atoms with van der Waals surface area (Å²) in [5.74, 6) is -0.988. The van der Waals surface area contributed by atoms with Crippen molar-refractivity contribution in [2.24, 2.45) is 5.73 Å². The van der Waals surface area contributed by atoms with E-state index in [0.29, 0.717) is 6.42 Å². The Morgan fingerprint density at radius 1 is 1.47 bits per heavy atom. The van der Waals surface area contributed by atoms with E-state index in [1.54, 1.807) is 0 Å². The predicted molar refractivity (Wildman–Crippen MR) is 65.8 cm³/mol. The van der Waals surface area contributed by atoms with E-state index in [0.717, 1.165) is 16.5 Å². The number of aromatic nitrogens is 1. The molecule has 0 saturated heterocycles. The van der Waals surface area contributed by atoms with Crippen molar-refractivity contribution >= 4 is 16.9 Å². The largest absolute Gasteiger partial charge is 0.480 e. The van der Waals surface area contributed by atoms with Crippen LogP contribution >= 0.6 is 0 Å². The molecule has 0 spiro atoms. The Bertz CT molecular complexity index is 531. The van der Waals surface area contributed by atoms with Gasteiger partial charge in [-0.15, -0.1) is 0 Å². The van der Waals surface area contributed by atoms with Crippen LogP contribution in [0.5, 0.6) is 0 Å². The van der Waals surface area contributed by atoms with E-state index in [1.807, 2.05) is 30.5 Å². The molecule has 5 heteroatoms. The summed E-state index contributed by atoms with van der Waals surface area (Å²) in [5.41, 5.74) is 6.43. The highest BCUT2D eigenvalue weighted by Crippen LogP contribution is 2.21. The van der Waals surface area contributed by atoms with Gasteiger partial charge in [-0.3, -0.25) is 4.79 Å². The number of aliphatic carboxylic acids is 1. The molecule has 0 aliphatic heterocycles. The fourth-order valence-corrected chi connectivity index (χ4v) is 1.75. The number of rotatable bonds is 3. The Balaban J connectivity index is 0.00000144. The highest BCUT2D eigenvalue weighted by molar-refractivity contribution is 5.85. The number of para-hydroxylation sites is 1. The van der Waals surface area contributed by atoms with Crippen molar-refractivity contribution in [3.63, 3.8) is 0 Å². The summed E-state index contributed by atoms with van der Waals surface area (Å²) >= 11 is 0. The van der Waals surface area contributed by atoms with Crippen molar-refractivity contribution in [2.45, 2.75) is 18.9 Å². The van der Waals surface area contributed by atoms with Crippen LogP contribution in [0.15, 0.2) is 30.5 Å². The van der Waals surface area contributed by atoms with Crippen molar-refractivity contribution in [1.82, 2.24) is 4.98 Å². The average molecular weight is 236 g/mol. The van der Waals surface area contributed by atoms with Crippen molar-refractivity contribution in [3.05, 3.63) is 36.0 Å². The van der Waals surface area contributed by atoms with Crippen molar-refractivity contribution in [1.29, 1.82) is 0 Å². The Morgan fingerprint density at radius 2 is 2.12 bits per heavy atom. The van der Waals surface area contributed by atoms with Crippen molar-refractivity contribution in [2.75, 3.05) is 0 Å². The predicted octanol–water partition coefficient (Wildman–Crippen LogP) is 0.688. The number of benzene rings is 1. The molecule has 1 aromatic heterocycles. The van der Waals surface area contributed by atoms with Crippen LogP contribution < -0.4 is 5.73 Å². The molecule has 1 heterocycles. The smallest absolute Gasteiger partial charge is 0.323 e. The maximum atomic E-state index is 10.9. The second kappa shape index (κ2) is 4.57. The average Bonchev–Trinajstić information content (AvgIpc) is 2.61. The molecule has 0 unspecified atom stereocenters. The number of carboxylic acid groups (broad SMARTS) is 1. The van der Waals surface area contributed by atoms with E-state index in [1.165, 1.54) is 6.92 Å². The first-order valence-corrected chi connectivity index (χ1v) is 5.08. The Kier molecular flexibility index (Phi) is 3.55. The maximum Gasteiger partial charge on any atom is 0.323 e. The minimum absolute atomic E-state index is 0. The SMILES string of the molecule is C[C@](N)(Cc1c[nH]c2ccccc12)C(=O)O.O. The van der Waals surface area contributed by atoms with E-state index in [2.05, 4.69) is 4.98 Å². The number of carboxylic acids is 1. The molecular weight excluding hydrogens is 220 g/mol. The second-order valence-corrected chi connectivity index (χ2v) is 4.26. The van der Waals surface area contributed by atoms with E-state index in [4.69, 9.17) is 10.8 Å². The molecule has 6 N–H and O–H groups in total. The first kappa shape index (κ1) is 13.2. The minimum Gasteiger partial charge on any atom is -0.480 e. The number of hydrogen-bond acceptors (Lipinski definition) is 2. The van der Waals surface area contributed by atoms with Gasteiger partial charge in [-0.1, -0.05) is 18.2 Å². The molecule has 92 valence electrons. The normalized spacial score (nSPS) is 14.0. The molecule has 1 aromatic carbocycles. The van der Waals surface area contributed by atoms with E-state index in [9.17, 15) is 4.79 Å². The Hall–Kier alpha value is -1.85. The molecule has 0 fully saturated rings.